The predicted molar refractivity (Wildman–Crippen MR) is 68.7 cm³/mol. The summed E-state index contributed by atoms with van der Waals surface area (Å²) in [6.45, 7) is 0.301. The van der Waals surface area contributed by atoms with Gasteiger partial charge in [-0.2, -0.15) is 0 Å². The summed E-state index contributed by atoms with van der Waals surface area (Å²) >= 11 is 0. The number of carboxylic acids is 1. The third-order valence-corrected chi connectivity index (χ3v) is 3.04. The van der Waals surface area contributed by atoms with Crippen LogP contribution < -0.4 is 5.32 Å². The van der Waals surface area contributed by atoms with Crippen molar-refractivity contribution in [1.82, 2.24) is 0 Å². The third-order valence-electron chi connectivity index (χ3n) is 3.04. The molecule has 2 rings (SSSR count). The molecule has 1 aliphatic rings. The number of aromatic carboxylic acids is 1. The lowest BCUT2D eigenvalue weighted by molar-refractivity contribution is -0.134. The van der Waals surface area contributed by atoms with Gasteiger partial charge in [-0.25, -0.2) is 4.79 Å². The Hall–Kier alpha value is -2.12. The minimum absolute atomic E-state index is 0.204. The fourth-order valence-electron chi connectivity index (χ4n) is 1.97. The average Bonchev–Trinajstić information content (AvgIpc) is 2.40. The first kappa shape index (κ1) is 14.3. The van der Waals surface area contributed by atoms with Crippen LogP contribution in [0.5, 0.6) is 5.75 Å². The van der Waals surface area contributed by atoms with Crippen LogP contribution in [0.25, 0.3) is 0 Å². The molecular formula is C13H15NO6. The van der Waals surface area contributed by atoms with Gasteiger partial charge in [0, 0.05) is 12.1 Å². The van der Waals surface area contributed by atoms with Crippen LogP contribution in [0.3, 0.4) is 0 Å². The van der Waals surface area contributed by atoms with Gasteiger partial charge >= 0.3 is 5.97 Å². The lowest BCUT2D eigenvalue weighted by Crippen LogP contribution is -2.38. The summed E-state index contributed by atoms with van der Waals surface area (Å²) in [4.78, 5) is 22.8. The summed E-state index contributed by atoms with van der Waals surface area (Å²) in [5.41, 5.74) is -0.0544. The number of rotatable bonds is 3. The Morgan fingerprint density at radius 3 is 2.75 bits per heavy atom. The number of carbonyl (C=O) groups excluding carboxylic acids is 1. The molecule has 2 atom stereocenters. The van der Waals surface area contributed by atoms with Crippen LogP contribution in [-0.4, -0.2) is 46.0 Å². The van der Waals surface area contributed by atoms with Crippen molar-refractivity contribution in [3.8, 4) is 5.75 Å². The number of nitrogens with one attached hydrogen (secondary N) is 1. The molecule has 0 unspecified atom stereocenters. The quantitative estimate of drug-likeness (QED) is 0.602. The second-order valence-corrected chi connectivity index (χ2v) is 4.56. The molecule has 1 heterocycles. The molecule has 4 N–H and O–H groups in total. The van der Waals surface area contributed by atoms with E-state index in [2.05, 4.69) is 5.32 Å². The zero-order chi connectivity index (χ0) is 14.7. The van der Waals surface area contributed by atoms with Gasteiger partial charge in [-0.3, -0.25) is 4.79 Å². The Morgan fingerprint density at radius 2 is 2.10 bits per heavy atom. The standard InChI is InChI=1S/C13H15NO6/c15-8-3-4-20-11(6-8)12(17)14-7-1-2-10(16)9(5-7)13(18)19/h1-2,5,8,11,15-16H,3-4,6H2,(H,14,17)(H,18,19)/t8-,11+/m1/s1. The molecule has 0 saturated carbocycles. The Morgan fingerprint density at radius 1 is 1.35 bits per heavy atom. The van der Waals surface area contributed by atoms with E-state index in [0.717, 1.165) is 6.07 Å². The molecule has 1 saturated heterocycles. The normalized spacial score (nSPS) is 22.2. The van der Waals surface area contributed by atoms with Crippen LogP contribution in [-0.2, 0) is 9.53 Å². The summed E-state index contributed by atoms with van der Waals surface area (Å²) in [7, 11) is 0. The molecular weight excluding hydrogens is 266 g/mol. The molecule has 20 heavy (non-hydrogen) atoms. The van der Waals surface area contributed by atoms with E-state index >= 15 is 0 Å². The summed E-state index contributed by atoms with van der Waals surface area (Å²) < 4.78 is 5.25. The second kappa shape index (κ2) is 5.89. The number of hydrogen-bond donors (Lipinski definition) is 4. The Labute approximate surface area is 114 Å². The number of aliphatic hydroxyl groups excluding tert-OH is 1. The van der Waals surface area contributed by atoms with E-state index < -0.39 is 24.1 Å². The SMILES string of the molecule is O=C(O)c1cc(NC(=O)[C@@H]2C[C@H](O)CCO2)ccc1O. The third kappa shape index (κ3) is 3.25. The molecule has 1 aromatic carbocycles. The predicted octanol–water partition coefficient (Wildman–Crippen LogP) is 0.569. The van der Waals surface area contributed by atoms with E-state index in [9.17, 15) is 19.8 Å². The number of hydrogen-bond acceptors (Lipinski definition) is 5. The lowest BCUT2D eigenvalue weighted by Gasteiger charge is -2.25. The first-order valence-electron chi connectivity index (χ1n) is 6.14. The van der Waals surface area contributed by atoms with Crippen molar-refractivity contribution in [2.45, 2.75) is 25.0 Å². The number of ether oxygens (including phenoxy) is 1. The fraction of sp³-hybridized carbons (Fsp3) is 0.385. The molecule has 7 nitrogen and oxygen atoms in total. The molecule has 1 aromatic rings. The summed E-state index contributed by atoms with van der Waals surface area (Å²) in [5, 5.41) is 30.2. The monoisotopic (exact) mass is 281 g/mol. The van der Waals surface area contributed by atoms with Crippen LogP contribution in [0.15, 0.2) is 18.2 Å². The summed E-state index contributed by atoms with van der Waals surface area (Å²) in [6, 6.07) is 3.74. The topological polar surface area (TPSA) is 116 Å². The summed E-state index contributed by atoms with van der Waals surface area (Å²) in [6.07, 6.45) is -0.642. The average molecular weight is 281 g/mol. The van der Waals surface area contributed by atoms with E-state index in [-0.39, 0.29) is 23.4 Å². The maximum atomic E-state index is 11.9. The highest BCUT2D eigenvalue weighted by molar-refractivity contribution is 5.97. The Balaban J connectivity index is 2.07. The molecule has 1 amide bonds. The Kier molecular flexibility index (Phi) is 4.21. The van der Waals surface area contributed by atoms with Crippen LogP contribution in [0.1, 0.15) is 23.2 Å². The zero-order valence-corrected chi connectivity index (χ0v) is 10.6. The fourth-order valence-corrected chi connectivity index (χ4v) is 1.97. The number of aromatic hydroxyl groups is 1. The molecule has 1 aliphatic heterocycles. The minimum Gasteiger partial charge on any atom is -0.507 e. The van der Waals surface area contributed by atoms with E-state index in [1.165, 1.54) is 12.1 Å². The van der Waals surface area contributed by atoms with Gasteiger partial charge in [0.25, 0.3) is 5.91 Å². The van der Waals surface area contributed by atoms with Crippen molar-refractivity contribution < 1.29 is 29.6 Å². The Bertz CT molecular complexity index is 530. The van der Waals surface area contributed by atoms with Crippen LogP contribution in [0, 0.1) is 0 Å². The first-order chi connectivity index (χ1) is 9.47. The first-order valence-corrected chi connectivity index (χ1v) is 6.14. The van der Waals surface area contributed by atoms with Gasteiger partial charge < -0.3 is 25.4 Å². The van der Waals surface area contributed by atoms with Crippen molar-refractivity contribution in [2.75, 3.05) is 11.9 Å². The van der Waals surface area contributed by atoms with Crippen molar-refractivity contribution in [3.05, 3.63) is 23.8 Å². The van der Waals surface area contributed by atoms with Gasteiger partial charge in [-0.15, -0.1) is 0 Å². The van der Waals surface area contributed by atoms with Gasteiger partial charge in [-0.1, -0.05) is 0 Å². The van der Waals surface area contributed by atoms with E-state index in [0.29, 0.717) is 13.0 Å². The highest BCUT2D eigenvalue weighted by Gasteiger charge is 2.27. The molecule has 0 aromatic heterocycles. The lowest BCUT2D eigenvalue weighted by atomic mass is 10.1. The van der Waals surface area contributed by atoms with Crippen LogP contribution >= 0.6 is 0 Å². The molecule has 0 bridgehead atoms. The van der Waals surface area contributed by atoms with Crippen molar-refractivity contribution in [1.29, 1.82) is 0 Å². The van der Waals surface area contributed by atoms with E-state index in [1.54, 1.807) is 0 Å². The van der Waals surface area contributed by atoms with Gasteiger partial charge in [0.05, 0.1) is 12.7 Å². The number of benzene rings is 1. The van der Waals surface area contributed by atoms with E-state index in [4.69, 9.17) is 9.84 Å². The second-order valence-electron chi connectivity index (χ2n) is 4.56. The van der Waals surface area contributed by atoms with Gasteiger partial charge in [-0.05, 0) is 24.6 Å². The molecule has 7 heteroatoms. The molecule has 0 radical (unpaired) electrons. The number of amides is 1. The largest absolute Gasteiger partial charge is 0.507 e. The molecule has 108 valence electrons. The van der Waals surface area contributed by atoms with Crippen molar-refractivity contribution in [2.24, 2.45) is 0 Å². The molecule has 1 fully saturated rings. The van der Waals surface area contributed by atoms with E-state index in [1.807, 2.05) is 0 Å². The molecule has 0 spiro atoms. The van der Waals surface area contributed by atoms with Crippen LogP contribution in [0.4, 0.5) is 5.69 Å². The maximum absolute atomic E-state index is 11.9. The highest BCUT2D eigenvalue weighted by Crippen LogP contribution is 2.22. The zero-order valence-electron chi connectivity index (χ0n) is 10.6. The number of carbonyl (C=O) groups is 2. The minimum atomic E-state index is -1.29. The van der Waals surface area contributed by atoms with Gasteiger partial charge in [0.15, 0.2) is 0 Å². The van der Waals surface area contributed by atoms with Crippen molar-refractivity contribution in [3.63, 3.8) is 0 Å². The number of phenols is 1. The maximum Gasteiger partial charge on any atom is 0.339 e. The summed E-state index contributed by atoms with van der Waals surface area (Å²) in [5.74, 6) is -2.12. The number of carboxylic acid groups (broad SMARTS) is 1. The number of anilines is 1. The smallest absolute Gasteiger partial charge is 0.339 e. The molecule has 0 aliphatic carbocycles. The number of aliphatic hydroxyl groups is 1. The van der Waals surface area contributed by atoms with Crippen molar-refractivity contribution >= 4 is 17.6 Å². The highest BCUT2D eigenvalue weighted by atomic mass is 16.5. The van der Waals surface area contributed by atoms with Gasteiger partial charge in [0.1, 0.15) is 17.4 Å². The van der Waals surface area contributed by atoms with Crippen LogP contribution in [0.2, 0.25) is 0 Å². The van der Waals surface area contributed by atoms with Gasteiger partial charge in [0.2, 0.25) is 0 Å².